The summed E-state index contributed by atoms with van der Waals surface area (Å²) in [6, 6.07) is 7.72. The molecule has 33 heavy (non-hydrogen) atoms. The molecule has 0 aromatic heterocycles. The van der Waals surface area contributed by atoms with Crippen molar-refractivity contribution >= 4 is 23.8 Å². The van der Waals surface area contributed by atoms with Crippen LogP contribution in [-0.2, 0) is 25.5 Å². The normalized spacial score (nSPS) is 12.8. The number of rotatable bonds is 11. The predicted molar refractivity (Wildman–Crippen MR) is 126 cm³/mol. The van der Waals surface area contributed by atoms with Crippen LogP contribution >= 0.6 is 0 Å². The van der Waals surface area contributed by atoms with Gasteiger partial charge in [-0.1, -0.05) is 30.3 Å². The number of nitrogens with zero attached hydrogens (tertiary/aromatic N) is 1. The number of likely N-dealkylation sites (N-methyl/N-ethyl adjacent to an activating group) is 2. The molecule has 0 saturated carbocycles. The van der Waals surface area contributed by atoms with Crippen LogP contribution in [0.1, 0.15) is 52.5 Å². The molecule has 0 aliphatic heterocycles. The minimum Gasteiger partial charge on any atom is -0.444 e. The summed E-state index contributed by atoms with van der Waals surface area (Å²) in [6.45, 7) is 7.22. The first kappa shape index (κ1) is 27.9. The summed E-state index contributed by atoms with van der Waals surface area (Å²) in [5, 5.41) is 8.08. The van der Waals surface area contributed by atoms with Crippen LogP contribution in [0, 0.1) is 0 Å². The SMILES string of the molecule is CNC(=O)[C@H](CCCCNC(C)=O)NC(=O)C(Cc1ccccc1)N(C)C(=O)OC(C)(C)C. The monoisotopic (exact) mass is 462 g/mol. The lowest BCUT2D eigenvalue weighted by Gasteiger charge is -2.31. The molecule has 184 valence electrons. The first-order valence-corrected chi connectivity index (χ1v) is 11.2. The highest BCUT2D eigenvalue weighted by atomic mass is 16.6. The first-order valence-electron chi connectivity index (χ1n) is 11.2. The molecular weight excluding hydrogens is 424 g/mol. The largest absolute Gasteiger partial charge is 0.444 e. The summed E-state index contributed by atoms with van der Waals surface area (Å²) < 4.78 is 5.45. The zero-order chi connectivity index (χ0) is 25.0. The van der Waals surface area contributed by atoms with Gasteiger partial charge in [-0.05, 0) is 45.6 Å². The van der Waals surface area contributed by atoms with Crippen LogP contribution in [0.15, 0.2) is 30.3 Å². The average Bonchev–Trinajstić information content (AvgIpc) is 2.74. The Balaban J connectivity index is 2.96. The number of amides is 4. The van der Waals surface area contributed by atoms with Gasteiger partial charge >= 0.3 is 6.09 Å². The topological polar surface area (TPSA) is 117 Å². The standard InChI is InChI=1S/C24H38N4O5/c1-17(29)26-15-11-10-14-19(21(30)25-5)27-22(31)20(16-18-12-8-7-9-13-18)28(6)23(32)33-24(2,3)4/h7-9,12-13,19-20H,10-11,14-16H2,1-6H3,(H,25,30)(H,26,29)(H,27,31)/t19-,20?/m0/s1. The van der Waals surface area contributed by atoms with Crippen LogP contribution in [0.4, 0.5) is 4.79 Å². The molecule has 1 rings (SSSR count). The van der Waals surface area contributed by atoms with Crippen molar-refractivity contribution in [3.8, 4) is 0 Å². The Bertz CT molecular complexity index is 792. The van der Waals surface area contributed by atoms with E-state index in [0.29, 0.717) is 25.8 Å². The van der Waals surface area contributed by atoms with Gasteiger partial charge in [-0.2, -0.15) is 0 Å². The highest BCUT2D eigenvalue weighted by molar-refractivity contribution is 5.91. The number of benzene rings is 1. The van der Waals surface area contributed by atoms with Gasteiger partial charge in [0.2, 0.25) is 17.7 Å². The fourth-order valence-corrected chi connectivity index (χ4v) is 3.15. The van der Waals surface area contributed by atoms with E-state index in [2.05, 4.69) is 16.0 Å². The van der Waals surface area contributed by atoms with E-state index in [-0.39, 0.29) is 18.2 Å². The summed E-state index contributed by atoms with van der Waals surface area (Å²) in [4.78, 5) is 50.6. The van der Waals surface area contributed by atoms with Gasteiger partial charge in [-0.25, -0.2) is 4.79 Å². The molecule has 2 atom stereocenters. The Morgan fingerprint density at radius 1 is 1.03 bits per heavy atom. The lowest BCUT2D eigenvalue weighted by atomic mass is 10.0. The summed E-state index contributed by atoms with van der Waals surface area (Å²) in [6.07, 6.45) is 1.35. The van der Waals surface area contributed by atoms with Gasteiger partial charge in [-0.15, -0.1) is 0 Å². The summed E-state index contributed by atoms with van der Waals surface area (Å²) in [5.74, 6) is -0.871. The first-order chi connectivity index (χ1) is 15.4. The zero-order valence-electron chi connectivity index (χ0n) is 20.6. The van der Waals surface area contributed by atoms with Crippen LogP contribution in [0.5, 0.6) is 0 Å². The fourth-order valence-electron chi connectivity index (χ4n) is 3.15. The molecular formula is C24H38N4O5. The molecule has 0 radical (unpaired) electrons. The molecule has 0 fully saturated rings. The summed E-state index contributed by atoms with van der Waals surface area (Å²) in [5.41, 5.74) is 0.164. The Kier molecular flexibility index (Phi) is 11.4. The van der Waals surface area contributed by atoms with Crippen molar-refractivity contribution in [3.63, 3.8) is 0 Å². The van der Waals surface area contributed by atoms with E-state index in [1.807, 2.05) is 30.3 Å². The highest BCUT2D eigenvalue weighted by Gasteiger charge is 2.32. The number of carbonyl (C=O) groups excluding carboxylic acids is 4. The minimum absolute atomic E-state index is 0.111. The number of nitrogens with one attached hydrogen (secondary N) is 3. The molecule has 1 unspecified atom stereocenters. The molecule has 0 aliphatic carbocycles. The summed E-state index contributed by atoms with van der Waals surface area (Å²) >= 11 is 0. The van der Waals surface area contributed by atoms with Crippen LogP contribution in [-0.4, -0.2) is 67.0 Å². The molecule has 3 N–H and O–H groups in total. The van der Waals surface area contributed by atoms with E-state index in [4.69, 9.17) is 4.74 Å². The molecule has 0 aliphatic rings. The third-order valence-electron chi connectivity index (χ3n) is 4.90. The molecule has 0 spiro atoms. The van der Waals surface area contributed by atoms with E-state index in [0.717, 1.165) is 5.56 Å². The molecule has 1 aromatic rings. The molecule has 0 saturated heterocycles. The number of hydrogen-bond acceptors (Lipinski definition) is 5. The van der Waals surface area contributed by atoms with Crippen molar-refractivity contribution < 1.29 is 23.9 Å². The van der Waals surface area contributed by atoms with Crippen molar-refractivity contribution in [2.24, 2.45) is 0 Å². The Morgan fingerprint density at radius 3 is 2.21 bits per heavy atom. The van der Waals surface area contributed by atoms with Gasteiger partial charge < -0.3 is 20.7 Å². The molecule has 9 heteroatoms. The lowest BCUT2D eigenvalue weighted by molar-refractivity contribution is -0.131. The van der Waals surface area contributed by atoms with Crippen LogP contribution in [0.3, 0.4) is 0 Å². The van der Waals surface area contributed by atoms with Crippen molar-refractivity contribution in [2.45, 2.75) is 71.1 Å². The lowest BCUT2D eigenvalue weighted by Crippen LogP contribution is -2.55. The van der Waals surface area contributed by atoms with E-state index in [9.17, 15) is 19.2 Å². The van der Waals surface area contributed by atoms with Gasteiger partial charge in [0.1, 0.15) is 17.7 Å². The van der Waals surface area contributed by atoms with E-state index >= 15 is 0 Å². The van der Waals surface area contributed by atoms with Crippen molar-refractivity contribution in [1.82, 2.24) is 20.9 Å². The maximum Gasteiger partial charge on any atom is 0.410 e. The maximum atomic E-state index is 13.3. The van der Waals surface area contributed by atoms with E-state index < -0.39 is 29.7 Å². The molecule has 0 bridgehead atoms. The predicted octanol–water partition coefficient (Wildman–Crippen LogP) is 2.00. The van der Waals surface area contributed by atoms with Gasteiger partial charge in [0, 0.05) is 34.0 Å². The Morgan fingerprint density at radius 2 is 1.67 bits per heavy atom. The summed E-state index contributed by atoms with van der Waals surface area (Å²) in [7, 11) is 3.02. The number of unbranched alkanes of at least 4 members (excludes halogenated alkanes) is 1. The maximum absolute atomic E-state index is 13.3. The number of hydrogen-bond donors (Lipinski definition) is 3. The smallest absolute Gasteiger partial charge is 0.410 e. The third kappa shape index (κ3) is 10.9. The van der Waals surface area contributed by atoms with Gasteiger partial charge in [0.15, 0.2) is 0 Å². The Labute approximate surface area is 196 Å². The minimum atomic E-state index is -0.867. The van der Waals surface area contributed by atoms with Crippen LogP contribution in [0.2, 0.25) is 0 Å². The third-order valence-corrected chi connectivity index (χ3v) is 4.90. The number of carbonyl (C=O) groups is 4. The molecule has 1 aromatic carbocycles. The molecule has 0 heterocycles. The van der Waals surface area contributed by atoms with Crippen molar-refractivity contribution in [3.05, 3.63) is 35.9 Å². The van der Waals surface area contributed by atoms with E-state index in [1.54, 1.807) is 20.8 Å². The Hall–Kier alpha value is -3.10. The van der Waals surface area contributed by atoms with Crippen LogP contribution < -0.4 is 16.0 Å². The second-order valence-corrected chi connectivity index (χ2v) is 8.95. The van der Waals surface area contributed by atoms with Gasteiger partial charge in [-0.3, -0.25) is 19.3 Å². The van der Waals surface area contributed by atoms with E-state index in [1.165, 1.54) is 25.9 Å². The van der Waals surface area contributed by atoms with Gasteiger partial charge in [0.25, 0.3) is 0 Å². The quantitative estimate of drug-likeness (QED) is 0.435. The van der Waals surface area contributed by atoms with Gasteiger partial charge in [0.05, 0.1) is 0 Å². The molecule has 9 nitrogen and oxygen atoms in total. The second-order valence-electron chi connectivity index (χ2n) is 8.95. The zero-order valence-corrected chi connectivity index (χ0v) is 20.6. The van der Waals surface area contributed by atoms with Crippen molar-refractivity contribution in [1.29, 1.82) is 0 Å². The number of ether oxygens (including phenoxy) is 1. The van der Waals surface area contributed by atoms with Crippen LogP contribution in [0.25, 0.3) is 0 Å². The average molecular weight is 463 g/mol. The van der Waals surface area contributed by atoms with Crippen molar-refractivity contribution in [2.75, 3.05) is 20.6 Å². The fraction of sp³-hybridized carbons (Fsp3) is 0.583. The molecule has 4 amide bonds. The second kappa shape index (κ2) is 13.4. The highest BCUT2D eigenvalue weighted by Crippen LogP contribution is 2.15.